The second-order valence-corrected chi connectivity index (χ2v) is 15.1. The number of hydrazone groups is 2. The molecule has 22 nitrogen and oxygen atoms in total. The monoisotopic (exact) mass is 808 g/mol. The van der Waals surface area contributed by atoms with Crippen molar-refractivity contribution in [3.63, 3.8) is 0 Å². The number of methoxy groups -OCH3 is 3. The maximum atomic E-state index is 11.7. The van der Waals surface area contributed by atoms with Crippen molar-refractivity contribution in [3.8, 4) is 0 Å². The minimum Gasteiger partial charge on any atom is -0.548 e. The Morgan fingerprint density at radius 3 is 1.44 bits per heavy atom. The molecule has 4 aliphatic heterocycles. The Morgan fingerprint density at radius 2 is 1.04 bits per heavy atom. The molecular weight excluding hydrogens is 751 g/mol. The van der Waals surface area contributed by atoms with Crippen LogP contribution in [0.4, 0.5) is 14.4 Å². The van der Waals surface area contributed by atoms with Crippen LogP contribution in [-0.2, 0) is 47.6 Å². The van der Waals surface area contributed by atoms with Gasteiger partial charge < -0.3 is 38.3 Å². The van der Waals surface area contributed by atoms with Gasteiger partial charge >= 0.3 is 55.0 Å². The van der Waals surface area contributed by atoms with E-state index in [4.69, 9.17) is 14.2 Å². The number of nitrogens with zero attached hydrogens (tertiary/aromatic N) is 5. The van der Waals surface area contributed by atoms with Gasteiger partial charge in [0.05, 0.1) is 33.3 Å². The molecule has 3 amide bonds. The predicted molar refractivity (Wildman–Crippen MR) is 195 cm³/mol. The van der Waals surface area contributed by atoms with E-state index >= 15 is 0 Å². The van der Waals surface area contributed by atoms with Crippen LogP contribution in [0.25, 0.3) is 0 Å². The second-order valence-electron chi connectivity index (χ2n) is 15.1. The zero-order valence-electron chi connectivity index (χ0n) is 35.2. The number of nitrogens with one attached hydrogen (secondary N) is 3. The smallest absolute Gasteiger partial charge is 0.548 e. The van der Waals surface area contributed by atoms with E-state index in [0.29, 0.717) is 38.8 Å². The molecule has 318 valence electrons. The number of carbonyl (C=O) groups is 7. The van der Waals surface area contributed by atoms with Crippen LogP contribution >= 0.6 is 0 Å². The van der Waals surface area contributed by atoms with E-state index in [-0.39, 0.29) is 30.9 Å². The van der Waals surface area contributed by atoms with Gasteiger partial charge in [0.15, 0.2) is 12.1 Å². The van der Waals surface area contributed by atoms with E-state index in [9.17, 15) is 38.7 Å². The van der Waals surface area contributed by atoms with Gasteiger partial charge in [0.2, 0.25) is 0 Å². The number of hydrazine groups is 2. The fraction of sp³-hybridized carbons (Fsp3) is 0.735. The molecule has 0 saturated carbocycles. The third-order valence-corrected chi connectivity index (χ3v) is 6.98. The van der Waals surface area contributed by atoms with Crippen LogP contribution in [0.1, 0.15) is 88.0 Å². The zero-order valence-corrected chi connectivity index (χ0v) is 35.2. The minimum absolute atomic E-state index is 0. The maximum Gasteiger partial charge on any atom is 1.00 e. The number of rotatable bonds is 4. The molecule has 0 bridgehead atoms. The first kappa shape index (κ1) is 52.3. The molecule has 23 heteroatoms. The van der Waals surface area contributed by atoms with E-state index in [0.717, 1.165) is 10.0 Å². The third kappa shape index (κ3) is 18.9. The summed E-state index contributed by atoms with van der Waals surface area (Å²) in [5, 5.41) is 21.3. The quantitative estimate of drug-likeness (QED) is 0.152. The normalized spacial score (nSPS) is 20.7. The van der Waals surface area contributed by atoms with Crippen LogP contribution in [0.15, 0.2) is 10.2 Å². The Bertz CT molecular complexity index is 1420. The molecule has 0 aromatic heterocycles. The molecule has 4 aliphatic rings. The molecule has 4 heterocycles. The Hall–Kier alpha value is -4.65. The minimum atomic E-state index is -1.27. The van der Waals surface area contributed by atoms with Crippen LogP contribution < -0.4 is 40.2 Å². The van der Waals surface area contributed by atoms with Crippen molar-refractivity contribution in [2.45, 2.75) is 129 Å². The third-order valence-electron chi connectivity index (χ3n) is 6.98. The molecule has 2 fully saturated rings. The van der Waals surface area contributed by atoms with Gasteiger partial charge in [-0.2, -0.15) is 15.2 Å². The van der Waals surface area contributed by atoms with Crippen LogP contribution in [0.3, 0.4) is 0 Å². The standard InChI is InChI=1S/C10H18N2O4.C10H16N2O4.C9H16N2O4.C5H8N2O2.Li/c2*1-10(2,3)16-9(14)12-7(5-6-11-12)8(13)15-4;1-9(2,3)15-8(14)11-6(7(12)13)4-5-10-11;1-9-5(8)4-2-3-6-7-4;/h7,11H,5-6H2,1-4H3;6-7H,5H2,1-4H3;6,10H,4-5H2,1-3H3,(H,12,13);3-4,7H,2H2,1H3;/q;;;;+1/p-1/t2*7-;6-;4-;/m0000./s1. The number of amides is 3. The van der Waals surface area contributed by atoms with Gasteiger partial charge in [-0.15, -0.1) is 0 Å². The Kier molecular flexibility index (Phi) is 21.6. The summed E-state index contributed by atoms with van der Waals surface area (Å²) in [6.45, 7) is 16.7. The van der Waals surface area contributed by atoms with Crippen LogP contribution in [0, 0.1) is 0 Å². The molecule has 3 N–H and O–H groups in total. The fourth-order valence-corrected chi connectivity index (χ4v) is 4.59. The predicted octanol–water partition coefficient (Wildman–Crippen LogP) is -2.41. The van der Waals surface area contributed by atoms with Crippen molar-refractivity contribution >= 4 is 54.6 Å². The summed E-state index contributed by atoms with van der Waals surface area (Å²) in [4.78, 5) is 79.0. The van der Waals surface area contributed by atoms with E-state index in [2.05, 4.69) is 40.7 Å². The first-order chi connectivity index (χ1) is 25.8. The molecule has 0 aliphatic carbocycles. The Morgan fingerprint density at radius 1 is 0.614 bits per heavy atom. The summed E-state index contributed by atoms with van der Waals surface area (Å²) in [5.41, 5.74) is 6.22. The SMILES string of the molecule is CC(C)(C)OC(=O)N1NCC[C@H]1C(=O)[O-].COC(=O)[C@@H]1CC=NN1.COC(=O)[C@@H]1CC=NN1C(=O)OC(C)(C)C.COC(=O)[C@@H]1CCNN1C(=O)OC(C)(C)C.[Li+]. The number of esters is 3. The average molecular weight is 809 g/mol. The van der Waals surface area contributed by atoms with Crippen molar-refractivity contribution in [1.29, 1.82) is 0 Å². The number of ether oxygens (including phenoxy) is 6. The first-order valence-electron chi connectivity index (χ1n) is 17.6. The largest absolute Gasteiger partial charge is 1.00 e. The van der Waals surface area contributed by atoms with Crippen molar-refractivity contribution < 1.29 is 86.0 Å². The summed E-state index contributed by atoms with van der Waals surface area (Å²) in [6, 6.07) is -2.51. The Balaban J connectivity index is 0.000000742. The van der Waals surface area contributed by atoms with Gasteiger partial charge in [-0.25, -0.2) is 49.6 Å². The van der Waals surface area contributed by atoms with E-state index in [1.807, 2.05) is 0 Å². The number of hydrogen-bond acceptors (Lipinski definition) is 19. The van der Waals surface area contributed by atoms with Gasteiger partial charge in [-0.05, 0) is 75.2 Å². The molecule has 4 atom stereocenters. The summed E-state index contributed by atoms with van der Waals surface area (Å²) in [5.74, 6) is -2.46. The van der Waals surface area contributed by atoms with Crippen molar-refractivity contribution in [2.24, 2.45) is 10.2 Å². The van der Waals surface area contributed by atoms with Crippen molar-refractivity contribution in [1.82, 2.24) is 31.3 Å². The zero-order chi connectivity index (χ0) is 43.0. The average Bonchev–Trinajstić information content (AvgIpc) is 3.92. The van der Waals surface area contributed by atoms with Crippen molar-refractivity contribution in [2.75, 3.05) is 34.4 Å². The van der Waals surface area contributed by atoms with Gasteiger partial charge in [-0.1, -0.05) is 0 Å². The summed E-state index contributed by atoms with van der Waals surface area (Å²) < 4.78 is 29.0. The summed E-state index contributed by atoms with van der Waals surface area (Å²) in [7, 11) is 3.93. The van der Waals surface area contributed by atoms with Crippen LogP contribution in [-0.4, -0.2) is 145 Å². The molecule has 0 aromatic carbocycles. The van der Waals surface area contributed by atoms with Crippen molar-refractivity contribution in [3.05, 3.63) is 0 Å². The van der Waals surface area contributed by atoms with E-state index in [1.54, 1.807) is 68.5 Å². The molecule has 0 unspecified atom stereocenters. The molecule has 0 aromatic rings. The van der Waals surface area contributed by atoms with Crippen LogP contribution in [0.2, 0.25) is 0 Å². The molecule has 0 radical (unpaired) electrons. The fourth-order valence-electron chi connectivity index (χ4n) is 4.59. The first-order valence-corrected chi connectivity index (χ1v) is 17.6. The van der Waals surface area contributed by atoms with Gasteiger partial charge in [0.25, 0.3) is 0 Å². The summed E-state index contributed by atoms with van der Waals surface area (Å²) >= 11 is 0. The van der Waals surface area contributed by atoms with Gasteiger partial charge in [-0.3, -0.25) is 5.43 Å². The van der Waals surface area contributed by atoms with E-state index in [1.165, 1.54) is 32.6 Å². The van der Waals surface area contributed by atoms with E-state index < -0.39 is 71.1 Å². The van der Waals surface area contributed by atoms with Crippen LogP contribution in [0.5, 0.6) is 0 Å². The number of carboxylic acids is 1. The Labute approximate surface area is 344 Å². The number of carbonyl (C=O) groups excluding carboxylic acids is 7. The summed E-state index contributed by atoms with van der Waals surface area (Å²) in [6.07, 6.45) is 3.12. The number of carboxylic acid groups (broad SMARTS) is 1. The molecule has 2 saturated heterocycles. The second kappa shape index (κ2) is 23.5. The maximum absolute atomic E-state index is 11.7. The number of aliphatic carboxylic acids is 1. The molecular formula is C34H57LiN8O14. The topological polar surface area (TPSA) is 268 Å². The molecule has 4 rings (SSSR count). The number of hydrogen-bond donors (Lipinski definition) is 3. The molecule has 57 heavy (non-hydrogen) atoms. The molecule has 0 spiro atoms. The van der Waals surface area contributed by atoms with Gasteiger partial charge in [0.1, 0.15) is 22.8 Å². The van der Waals surface area contributed by atoms with Gasteiger partial charge in [0, 0.05) is 38.4 Å².